The number of amides is 3. The molecule has 1 aromatic carbocycles. The molecule has 0 spiro atoms. The predicted molar refractivity (Wildman–Crippen MR) is 103 cm³/mol. The maximum atomic E-state index is 12.8. The van der Waals surface area contributed by atoms with Crippen LogP contribution in [0.2, 0.25) is 0 Å². The number of hydrogen-bond donors (Lipinski definition) is 2. The molecule has 9 nitrogen and oxygen atoms in total. The van der Waals surface area contributed by atoms with Crippen LogP contribution in [0.4, 0.5) is 5.82 Å². The zero-order chi connectivity index (χ0) is 20.1. The van der Waals surface area contributed by atoms with Crippen LogP contribution >= 0.6 is 0 Å². The van der Waals surface area contributed by atoms with Gasteiger partial charge >= 0.3 is 0 Å². The van der Waals surface area contributed by atoms with Crippen LogP contribution < -0.4 is 11.1 Å². The van der Waals surface area contributed by atoms with E-state index in [1.54, 1.807) is 4.90 Å². The largest absolute Gasteiger partial charge is 0.382 e. The normalized spacial score (nSPS) is 21.9. The van der Waals surface area contributed by atoms with E-state index < -0.39 is 6.04 Å². The first-order valence-electron chi connectivity index (χ1n) is 9.79. The summed E-state index contributed by atoms with van der Waals surface area (Å²) in [6.07, 6.45) is 0.639. The second-order valence-corrected chi connectivity index (χ2v) is 7.89. The van der Waals surface area contributed by atoms with Crippen molar-refractivity contribution in [2.24, 2.45) is 0 Å². The average Bonchev–Trinajstić information content (AvgIpc) is 3.20. The lowest BCUT2D eigenvalue weighted by atomic mass is 10.0. The molecule has 1 atom stereocenters. The predicted octanol–water partition coefficient (Wildman–Crippen LogP) is 0.242. The van der Waals surface area contributed by atoms with Gasteiger partial charge in [0.15, 0.2) is 0 Å². The first-order chi connectivity index (χ1) is 14.0. The first-order valence-corrected chi connectivity index (χ1v) is 9.79. The van der Waals surface area contributed by atoms with Gasteiger partial charge in [0.1, 0.15) is 11.9 Å². The number of nitrogens with zero attached hydrogens (tertiary/aromatic N) is 4. The van der Waals surface area contributed by atoms with Gasteiger partial charge in [0.25, 0.3) is 5.91 Å². The number of imide groups is 1. The molecule has 0 aliphatic carbocycles. The molecule has 0 radical (unpaired) electrons. The number of hydrogen-bond acceptors (Lipinski definition) is 6. The van der Waals surface area contributed by atoms with E-state index >= 15 is 0 Å². The van der Waals surface area contributed by atoms with Crippen molar-refractivity contribution < 1.29 is 14.4 Å². The Morgan fingerprint density at radius 1 is 1.14 bits per heavy atom. The summed E-state index contributed by atoms with van der Waals surface area (Å²) in [4.78, 5) is 40.3. The number of piperidine rings is 1. The Morgan fingerprint density at radius 2 is 2.00 bits per heavy atom. The highest BCUT2D eigenvalue weighted by molar-refractivity contribution is 6.05. The summed E-state index contributed by atoms with van der Waals surface area (Å²) >= 11 is 0. The molecule has 3 amide bonds. The molecule has 1 aromatic heterocycles. The van der Waals surface area contributed by atoms with Crippen LogP contribution in [0.3, 0.4) is 0 Å². The number of nitrogens with one attached hydrogen (secondary N) is 1. The highest BCUT2D eigenvalue weighted by Crippen LogP contribution is 2.29. The van der Waals surface area contributed by atoms with E-state index in [4.69, 9.17) is 5.73 Å². The summed E-state index contributed by atoms with van der Waals surface area (Å²) in [6, 6.07) is 7.21. The number of fused-ring (bicyclic) bond motifs is 2. The molecular weight excluding hydrogens is 372 g/mol. The topological polar surface area (TPSA) is 114 Å². The van der Waals surface area contributed by atoms with Gasteiger partial charge in [-0.2, -0.15) is 5.10 Å². The van der Waals surface area contributed by atoms with Gasteiger partial charge in [-0.15, -0.1) is 0 Å². The quantitative estimate of drug-likeness (QED) is 0.721. The Balaban J connectivity index is 1.30. The summed E-state index contributed by atoms with van der Waals surface area (Å²) in [6.45, 7) is 3.64. The van der Waals surface area contributed by atoms with E-state index in [2.05, 4.69) is 21.4 Å². The molecule has 1 unspecified atom stereocenters. The van der Waals surface area contributed by atoms with Gasteiger partial charge in [-0.1, -0.05) is 12.1 Å². The number of carbonyl (C=O) groups is 3. The number of aromatic nitrogens is 2. The van der Waals surface area contributed by atoms with Crippen LogP contribution in [0.5, 0.6) is 0 Å². The number of nitrogens with two attached hydrogens (primary N) is 1. The second kappa shape index (κ2) is 6.70. The Kier molecular flexibility index (Phi) is 4.13. The van der Waals surface area contributed by atoms with Crippen molar-refractivity contribution in [1.82, 2.24) is 24.9 Å². The lowest BCUT2D eigenvalue weighted by Gasteiger charge is -2.29. The van der Waals surface area contributed by atoms with Crippen molar-refractivity contribution in [3.8, 4) is 0 Å². The number of rotatable bonds is 3. The molecule has 150 valence electrons. The summed E-state index contributed by atoms with van der Waals surface area (Å²) in [5, 5.41) is 6.62. The molecular formula is C20H22N6O3. The third-order valence-electron chi connectivity index (χ3n) is 5.89. The molecule has 0 bridgehead atoms. The minimum Gasteiger partial charge on any atom is -0.382 e. The van der Waals surface area contributed by atoms with Crippen LogP contribution in [0.15, 0.2) is 24.3 Å². The number of benzene rings is 1. The van der Waals surface area contributed by atoms with Gasteiger partial charge in [0.05, 0.1) is 12.2 Å². The fourth-order valence-corrected chi connectivity index (χ4v) is 4.46. The zero-order valence-electron chi connectivity index (χ0n) is 15.9. The average molecular weight is 394 g/mol. The molecule has 1 saturated heterocycles. The molecule has 29 heavy (non-hydrogen) atoms. The van der Waals surface area contributed by atoms with Crippen LogP contribution in [0.25, 0.3) is 0 Å². The Morgan fingerprint density at radius 3 is 2.83 bits per heavy atom. The lowest BCUT2D eigenvalue weighted by molar-refractivity contribution is -0.136. The molecule has 0 saturated carbocycles. The summed E-state index contributed by atoms with van der Waals surface area (Å²) in [5.74, 6) is -0.251. The smallest absolute Gasteiger partial charge is 0.255 e. The van der Waals surface area contributed by atoms with E-state index in [0.717, 1.165) is 43.0 Å². The van der Waals surface area contributed by atoms with Gasteiger partial charge in [-0.3, -0.25) is 29.3 Å². The summed E-state index contributed by atoms with van der Waals surface area (Å²) < 4.78 is 1.95. The maximum Gasteiger partial charge on any atom is 0.255 e. The lowest BCUT2D eigenvalue weighted by Crippen LogP contribution is -2.52. The van der Waals surface area contributed by atoms with Gasteiger partial charge in [-0.25, -0.2) is 0 Å². The number of carbonyl (C=O) groups excluding carboxylic acids is 3. The molecule has 3 aliphatic heterocycles. The van der Waals surface area contributed by atoms with Crippen molar-refractivity contribution >= 4 is 23.5 Å². The molecule has 4 heterocycles. The Hall–Kier alpha value is -3.20. The minimum atomic E-state index is -0.580. The van der Waals surface area contributed by atoms with Crippen molar-refractivity contribution in [3.63, 3.8) is 0 Å². The van der Waals surface area contributed by atoms with Crippen LogP contribution in [0.1, 0.15) is 40.0 Å². The fourth-order valence-electron chi connectivity index (χ4n) is 4.46. The fraction of sp³-hybridized carbons (Fsp3) is 0.400. The van der Waals surface area contributed by atoms with E-state index in [-0.39, 0.29) is 24.1 Å². The van der Waals surface area contributed by atoms with E-state index in [9.17, 15) is 14.4 Å². The monoisotopic (exact) mass is 394 g/mol. The van der Waals surface area contributed by atoms with Gasteiger partial charge < -0.3 is 10.6 Å². The van der Waals surface area contributed by atoms with Crippen molar-refractivity contribution in [3.05, 3.63) is 46.6 Å². The van der Waals surface area contributed by atoms with Crippen LogP contribution in [-0.4, -0.2) is 49.9 Å². The Labute approximate surface area is 167 Å². The number of anilines is 1. The molecule has 1 fully saturated rings. The SMILES string of the molecule is Nc1cc2n(n1)CCN(Cc1ccc3c(c1)CN(C1CCC(=O)NC1=O)C3=O)C2. The standard InChI is InChI=1S/C20H22N6O3/c21-17-8-14-11-24(5-6-26(14)23-17)9-12-1-2-15-13(7-12)10-25(20(15)29)16-3-4-18(27)22-19(16)28/h1-2,7-8,16H,3-6,9-11H2,(H2,21,23)(H,22,27,28). The summed E-state index contributed by atoms with van der Waals surface area (Å²) in [7, 11) is 0. The number of nitrogen functional groups attached to an aromatic ring is 1. The van der Waals surface area contributed by atoms with Gasteiger partial charge in [-0.05, 0) is 23.6 Å². The van der Waals surface area contributed by atoms with Crippen LogP contribution in [-0.2, 0) is 35.8 Å². The van der Waals surface area contributed by atoms with Crippen LogP contribution in [0, 0.1) is 0 Å². The van der Waals surface area contributed by atoms with Gasteiger partial charge in [0, 0.05) is 44.2 Å². The van der Waals surface area contributed by atoms with E-state index in [1.165, 1.54) is 0 Å². The highest BCUT2D eigenvalue weighted by atomic mass is 16.2. The van der Waals surface area contributed by atoms with Crippen molar-refractivity contribution in [1.29, 1.82) is 0 Å². The third kappa shape index (κ3) is 3.17. The molecule has 2 aromatic rings. The first kappa shape index (κ1) is 17.9. The molecule has 3 N–H and O–H groups in total. The second-order valence-electron chi connectivity index (χ2n) is 7.89. The Bertz CT molecular complexity index is 1030. The third-order valence-corrected chi connectivity index (χ3v) is 5.89. The summed E-state index contributed by atoms with van der Waals surface area (Å²) in [5.41, 5.74) is 9.60. The highest BCUT2D eigenvalue weighted by Gasteiger charge is 2.39. The zero-order valence-corrected chi connectivity index (χ0v) is 15.9. The van der Waals surface area contributed by atoms with Gasteiger partial charge in [0.2, 0.25) is 11.8 Å². The van der Waals surface area contributed by atoms with E-state index in [1.807, 2.05) is 22.9 Å². The van der Waals surface area contributed by atoms with Crippen molar-refractivity contribution in [2.75, 3.05) is 12.3 Å². The van der Waals surface area contributed by atoms with E-state index in [0.29, 0.717) is 24.3 Å². The minimum absolute atomic E-state index is 0.140. The van der Waals surface area contributed by atoms with Crippen molar-refractivity contribution in [2.45, 2.75) is 45.1 Å². The maximum absolute atomic E-state index is 12.8. The molecule has 3 aliphatic rings. The molecule has 9 heteroatoms. The molecule has 5 rings (SSSR count).